The topological polar surface area (TPSA) is 96.5 Å². The Labute approximate surface area is 180 Å². The maximum absolute atomic E-state index is 13.3. The molecule has 0 saturated heterocycles. The molecule has 0 atom stereocenters. The molecule has 8 heteroatoms. The maximum atomic E-state index is 13.3. The van der Waals surface area contributed by atoms with Crippen LogP contribution in [0.3, 0.4) is 0 Å². The van der Waals surface area contributed by atoms with Gasteiger partial charge in [0, 0.05) is 17.8 Å². The molecule has 1 fully saturated rings. The van der Waals surface area contributed by atoms with E-state index in [4.69, 9.17) is 0 Å². The van der Waals surface area contributed by atoms with E-state index in [0.717, 1.165) is 31.2 Å². The lowest BCUT2D eigenvalue weighted by Gasteiger charge is -2.31. The van der Waals surface area contributed by atoms with Crippen molar-refractivity contribution in [2.75, 3.05) is 19.0 Å². The highest BCUT2D eigenvalue weighted by Crippen LogP contribution is 2.38. The van der Waals surface area contributed by atoms with Crippen LogP contribution in [-0.2, 0) is 15.1 Å². The Morgan fingerprint density at radius 3 is 2.26 bits per heavy atom. The SMILES string of the molecule is COC(=O)CCNC(=O)c1ccc(NC(=O)NC2(c3ccc(F)cc3)CCCC2)cc1. The van der Waals surface area contributed by atoms with Gasteiger partial charge in [-0.25, -0.2) is 9.18 Å². The number of carbonyl (C=O) groups is 3. The second-order valence-electron chi connectivity index (χ2n) is 7.53. The van der Waals surface area contributed by atoms with Gasteiger partial charge in [-0.05, 0) is 54.8 Å². The summed E-state index contributed by atoms with van der Waals surface area (Å²) in [6.45, 7) is 0.180. The molecule has 2 aromatic carbocycles. The predicted molar refractivity (Wildman–Crippen MR) is 114 cm³/mol. The fraction of sp³-hybridized carbons (Fsp3) is 0.348. The zero-order valence-corrected chi connectivity index (χ0v) is 17.4. The van der Waals surface area contributed by atoms with Crippen LogP contribution >= 0.6 is 0 Å². The molecule has 2 aromatic rings. The zero-order valence-electron chi connectivity index (χ0n) is 17.4. The largest absolute Gasteiger partial charge is 0.469 e. The molecule has 1 aliphatic carbocycles. The van der Waals surface area contributed by atoms with Gasteiger partial charge in [-0.2, -0.15) is 0 Å². The summed E-state index contributed by atoms with van der Waals surface area (Å²) in [6.07, 6.45) is 3.64. The monoisotopic (exact) mass is 427 g/mol. The normalized spacial score (nSPS) is 14.5. The number of amides is 3. The van der Waals surface area contributed by atoms with E-state index >= 15 is 0 Å². The van der Waals surface area contributed by atoms with Crippen LogP contribution in [0.1, 0.15) is 48.0 Å². The smallest absolute Gasteiger partial charge is 0.319 e. The van der Waals surface area contributed by atoms with Gasteiger partial charge in [-0.15, -0.1) is 0 Å². The first-order chi connectivity index (χ1) is 14.9. The number of hydrogen-bond acceptors (Lipinski definition) is 4. The first-order valence-electron chi connectivity index (χ1n) is 10.2. The van der Waals surface area contributed by atoms with E-state index in [0.29, 0.717) is 11.3 Å². The fourth-order valence-corrected chi connectivity index (χ4v) is 3.80. The molecule has 7 nitrogen and oxygen atoms in total. The second-order valence-corrected chi connectivity index (χ2v) is 7.53. The van der Waals surface area contributed by atoms with Crippen LogP contribution in [0.4, 0.5) is 14.9 Å². The summed E-state index contributed by atoms with van der Waals surface area (Å²) in [5.41, 5.74) is 1.32. The molecule has 3 amide bonds. The van der Waals surface area contributed by atoms with Crippen molar-refractivity contribution in [2.45, 2.75) is 37.6 Å². The van der Waals surface area contributed by atoms with Crippen molar-refractivity contribution in [3.05, 3.63) is 65.5 Å². The summed E-state index contributed by atoms with van der Waals surface area (Å²) in [7, 11) is 1.29. The first kappa shape index (κ1) is 22.3. The summed E-state index contributed by atoms with van der Waals surface area (Å²) >= 11 is 0. The van der Waals surface area contributed by atoms with Crippen molar-refractivity contribution in [2.24, 2.45) is 0 Å². The molecule has 3 rings (SSSR count). The van der Waals surface area contributed by atoms with E-state index in [9.17, 15) is 18.8 Å². The minimum absolute atomic E-state index is 0.0951. The molecule has 0 spiro atoms. The number of nitrogens with one attached hydrogen (secondary N) is 3. The third kappa shape index (κ3) is 5.81. The second kappa shape index (κ2) is 10.1. The molecule has 0 bridgehead atoms. The van der Waals surface area contributed by atoms with Gasteiger partial charge in [-0.1, -0.05) is 25.0 Å². The Morgan fingerprint density at radius 2 is 1.65 bits per heavy atom. The minimum Gasteiger partial charge on any atom is -0.469 e. The lowest BCUT2D eigenvalue weighted by atomic mass is 9.88. The molecule has 31 heavy (non-hydrogen) atoms. The summed E-state index contributed by atoms with van der Waals surface area (Å²) in [4.78, 5) is 35.9. The van der Waals surface area contributed by atoms with E-state index in [1.54, 1.807) is 36.4 Å². The van der Waals surface area contributed by atoms with Gasteiger partial charge in [0.2, 0.25) is 0 Å². The highest BCUT2D eigenvalue weighted by atomic mass is 19.1. The van der Waals surface area contributed by atoms with Gasteiger partial charge >= 0.3 is 12.0 Å². The first-order valence-corrected chi connectivity index (χ1v) is 10.2. The van der Waals surface area contributed by atoms with E-state index in [1.807, 2.05) is 0 Å². The Bertz CT molecular complexity index is 923. The number of benzene rings is 2. The Kier molecular flexibility index (Phi) is 7.23. The molecule has 1 aliphatic rings. The number of esters is 1. The summed E-state index contributed by atoms with van der Waals surface area (Å²) in [5.74, 6) is -1.02. The minimum atomic E-state index is -0.517. The summed E-state index contributed by atoms with van der Waals surface area (Å²) in [6, 6.07) is 12.3. The number of hydrogen-bond donors (Lipinski definition) is 3. The van der Waals surface area contributed by atoms with Crippen LogP contribution in [0.15, 0.2) is 48.5 Å². The van der Waals surface area contributed by atoms with Gasteiger partial charge in [-0.3, -0.25) is 9.59 Å². The summed E-state index contributed by atoms with van der Waals surface area (Å²) in [5, 5.41) is 8.49. The molecule has 0 radical (unpaired) electrons. The standard InChI is InChI=1S/C23H26FN3O4/c1-31-20(28)12-15-25-21(29)16-4-10-19(11-5-16)26-22(30)27-23(13-2-3-14-23)17-6-8-18(24)9-7-17/h4-11H,2-3,12-15H2,1H3,(H,25,29)(H2,26,27,30). The maximum Gasteiger partial charge on any atom is 0.319 e. The van der Waals surface area contributed by atoms with E-state index in [1.165, 1.54) is 19.2 Å². The molecule has 0 aromatic heterocycles. The molecule has 3 N–H and O–H groups in total. The van der Waals surface area contributed by atoms with E-state index in [-0.39, 0.29) is 30.7 Å². The lowest BCUT2D eigenvalue weighted by Crippen LogP contribution is -2.45. The molecular formula is C23H26FN3O4. The van der Waals surface area contributed by atoms with Gasteiger partial charge in [0.1, 0.15) is 5.82 Å². The molecular weight excluding hydrogens is 401 g/mol. The number of urea groups is 1. The average Bonchev–Trinajstić information content (AvgIpc) is 3.23. The van der Waals surface area contributed by atoms with Crippen molar-refractivity contribution < 1.29 is 23.5 Å². The van der Waals surface area contributed by atoms with Crippen molar-refractivity contribution >= 4 is 23.6 Å². The van der Waals surface area contributed by atoms with Crippen LogP contribution in [0.2, 0.25) is 0 Å². The van der Waals surface area contributed by atoms with Crippen molar-refractivity contribution in [3.63, 3.8) is 0 Å². The van der Waals surface area contributed by atoms with Gasteiger partial charge in [0.05, 0.1) is 19.1 Å². The van der Waals surface area contributed by atoms with Crippen LogP contribution in [0.5, 0.6) is 0 Å². The van der Waals surface area contributed by atoms with E-state index in [2.05, 4.69) is 20.7 Å². The Balaban J connectivity index is 1.58. The number of carbonyl (C=O) groups excluding carboxylic acids is 3. The predicted octanol–water partition coefficient (Wildman–Crippen LogP) is 3.71. The number of methoxy groups -OCH3 is 1. The van der Waals surface area contributed by atoms with E-state index < -0.39 is 11.5 Å². The fourth-order valence-electron chi connectivity index (χ4n) is 3.80. The average molecular weight is 427 g/mol. The van der Waals surface area contributed by atoms with Crippen molar-refractivity contribution in [1.29, 1.82) is 0 Å². The molecule has 164 valence electrons. The van der Waals surface area contributed by atoms with Crippen molar-refractivity contribution in [3.8, 4) is 0 Å². The lowest BCUT2D eigenvalue weighted by molar-refractivity contribution is -0.140. The number of ether oxygens (including phenoxy) is 1. The van der Waals surface area contributed by atoms with Crippen LogP contribution in [-0.4, -0.2) is 31.6 Å². The molecule has 1 saturated carbocycles. The van der Waals surface area contributed by atoms with Crippen LogP contribution in [0, 0.1) is 5.82 Å². The third-order valence-corrected chi connectivity index (χ3v) is 5.45. The van der Waals surface area contributed by atoms with Crippen molar-refractivity contribution in [1.82, 2.24) is 10.6 Å². The number of halogens is 1. The molecule has 0 unspecified atom stereocenters. The Morgan fingerprint density at radius 1 is 1.00 bits per heavy atom. The highest BCUT2D eigenvalue weighted by Gasteiger charge is 2.37. The van der Waals surface area contributed by atoms with Crippen LogP contribution < -0.4 is 16.0 Å². The number of anilines is 1. The Hall–Kier alpha value is -3.42. The molecule has 0 heterocycles. The highest BCUT2D eigenvalue weighted by molar-refractivity contribution is 5.95. The quantitative estimate of drug-likeness (QED) is 0.587. The van der Waals surface area contributed by atoms with Gasteiger partial charge in [0.15, 0.2) is 0 Å². The molecule has 0 aliphatic heterocycles. The van der Waals surface area contributed by atoms with Gasteiger partial charge in [0.25, 0.3) is 5.91 Å². The van der Waals surface area contributed by atoms with Crippen LogP contribution in [0.25, 0.3) is 0 Å². The van der Waals surface area contributed by atoms with Gasteiger partial charge < -0.3 is 20.7 Å². The number of rotatable bonds is 7. The zero-order chi connectivity index (χ0) is 22.3. The third-order valence-electron chi connectivity index (χ3n) is 5.45. The summed E-state index contributed by atoms with van der Waals surface area (Å²) < 4.78 is 17.8.